The van der Waals surface area contributed by atoms with Crippen LogP contribution in [0.15, 0.2) is 53.4 Å². The number of hydrogen-bond acceptors (Lipinski definition) is 5. The topological polar surface area (TPSA) is 87.2 Å². The van der Waals surface area contributed by atoms with Crippen molar-refractivity contribution in [3.05, 3.63) is 54.1 Å². The summed E-state index contributed by atoms with van der Waals surface area (Å²) in [5.41, 5.74) is 0.837. The third-order valence-electron chi connectivity index (χ3n) is 6.75. The summed E-state index contributed by atoms with van der Waals surface area (Å²) in [5, 5.41) is 0. The largest absolute Gasteiger partial charge is 0.476 e. The maximum absolute atomic E-state index is 13.6. The highest BCUT2D eigenvalue weighted by molar-refractivity contribution is 7.89. The molecule has 2 amide bonds. The maximum Gasteiger partial charge on any atom is 0.265 e. The van der Waals surface area contributed by atoms with Gasteiger partial charge in [-0.05, 0) is 62.4 Å². The van der Waals surface area contributed by atoms with E-state index in [2.05, 4.69) is 0 Å². The summed E-state index contributed by atoms with van der Waals surface area (Å²) >= 11 is 0. The van der Waals surface area contributed by atoms with Crippen molar-refractivity contribution in [2.75, 3.05) is 37.6 Å². The molecule has 0 radical (unpaired) electrons. The lowest BCUT2D eigenvalue weighted by molar-refractivity contribution is -0.139. The predicted molar refractivity (Wildman–Crippen MR) is 127 cm³/mol. The van der Waals surface area contributed by atoms with Crippen molar-refractivity contribution in [3.63, 3.8) is 0 Å². The van der Waals surface area contributed by atoms with Crippen molar-refractivity contribution in [1.29, 1.82) is 0 Å². The van der Waals surface area contributed by atoms with Crippen LogP contribution in [0.3, 0.4) is 0 Å². The highest BCUT2D eigenvalue weighted by Gasteiger charge is 2.37. The molecule has 2 aromatic rings. The average Bonchev–Trinajstić information content (AvgIpc) is 3.44. The molecule has 9 heteroatoms. The number of rotatable bonds is 4. The van der Waals surface area contributed by atoms with Gasteiger partial charge in [-0.25, -0.2) is 8.42 Å². The van der Waals surface area contributed by atoms with Crippen LogP contribution in [-0.4, -0.2) is 68.3 Å². The SMILES string of the molecule is O=C([C@@H]1CN(C(=O)c2cccc(S(=O)(=O)N3CCCC3)c2)c2ccccc2O1)N1CCCCC1. The van der Waals surface area contributed by atoms with Crippen LogP contribution in [-0.2, 0) is 14.8 Å². The number of likely N-dealkylation sites (tertiary alicyclic amines) is 1. The van der Waals surface area contributed by atoms with Gasteiger partial charge < -0.3 is 14.5 Å². The number of carbonyl (C=O) groups excluding carboxylic acids is 2. The lowest BCUT2D eigenvalue weighted by Gasteiger charge is -2.37. The zero-order valence-electron chi connectivity index (χ0n) is 19.1. The zero-order chi connectivity index (χ0) is 23.7. The first-order chi connectivity index (χ1) is 16.4. The van der Waals surface area contributed by atoms with Crippen molar-refractivity contribution >= 4 is 27.5 Å². The van der Waals surface area contributed by atoms with Crippen LogP contribution in [0.2, 0.25) is 0 Å². The van der Waals surface area contributed by atoms with Crippen molar-refractivity contribution < 1.29 is 22.7 Å². The third-order valence-corrected chi connectivity index (χ3v) is 8.64. The van der Waals surface area contributed by atoms with Crippen molar-refractivity contribution in [2.24, 2.45) is 0 Å². The highest BCUT2D eigenvalue weighted by atomic mass is 32.2. The number of anilines is 1. The van der Waals surface area contributed by atoms with Crippen LogP contribution in [0.5, 0.6) is 5.75 Å². The van der Waals surface area contributed by atoms with Gasteiger partial charge in [-0.3, -0.25) is 9.59 Å². The number of nitrogens with zero attached hydrogens (tertiary/aromatic N) is 3. The van der Waals surface area contributed by atoms with E-state index in [1.807, 2.05) is 11.0 Å². The number of hydrogen-bond donors (Lipinski definition) is 0. The van der Waals surface area contributed by atoms with Gasteiger partial charge in [0.2, 0.25) is 10.0 Å². The van der Waals surface area contributed by atoms with Crippen LogP contribution in [0, 0.1) is 0 Å². The van der Waals surface area contributed by atoms with Gasteiger partial charge in [-0.15, -0.1) is 0 Å². The summed E-state index contributed by atoms with van der Waals surface area (Å²) in [6, 6.07) is 13.3. The number of fused-ring (bicyclic) bond motifs is 1. The van der Waals surface area contributed by atoms with E-state index in [1.54, 1.807) is 30.3 Å². The molecule has 0 N–H and O–H groups in total. The molecule has 3 aliphatic rings. The van der Waals surface area contributed by atoms with Gasteiger partial charge in [-0.1, -0.05) is 18.2 Å². The fraction of sp³-hybridized carbons (Fsp3) is 0.440. The fourth-order valence-electron chi connectivity index (χ4n) is 4.90. The van der Waals surface area contributed by atoms with Gasteiger partial charge in [0.05, 0.1) is 17.1 Å². The van der Waals surface area contributed by atoms with E-state index >= 15 is 0 Å². The minimum Gasteiger partial charge on any atom is -0.476 e. The predicted octanol–water partition coefficient (Wildman–Crippen LogP) is 2.89. The van der Waals surface area contributed by atoms with Gasteiger partial charge in [0.15, 0.2) is 6.10 Å². The summed E-state index contributed by atoms with van der Waals surface area (Å²) < 4.78 is 33.5. The van der Waals surface area contributed by atoms with Crippen LogP contribution in [0.4, 0.5) is 5.69 Å². The Labute approximate surface area is 200 Å². The second-order valence-electron chi connectivity index (χ2n) is 9.01. The second kappa shape index (κ2) is 9.38. The van der Waals surface area contributed by atoms with Crippen LogP contribution < -0.4 is 9.64 Å². The minimum absolute atomic E-state index is 0.0777. The number of amides is 2. The first-order valence-electron chi connectivity index (χ1n) is 11.9. The van der Waals surface area contributed by atoms with Crippen LogP contribution in [0.25, 0.3) is 0 Å². The first kappa shape index (κ1) is 22.9. The Bertz CT molecular complexity index is 1190. The van der Waals surface area contributed by atoms with E-state index in [4.69, 9.17) is 4.74 Å². The highest BCUT2D eigenvalue weighted by Crippen LogP contribution is 2.35. The summed E-state index contributed by atoms with van der Waals surface area (Å²) in [4.78, 5) is 30.3. The number of ether oxygens (including phenoxy) is 1. The molecule has 3 heterocycles. The maximum atomic E-state index is 13.6. The van der Waals surface area contributed by atoms with Crippen molar-refractivity contribution in [1.82, 2.24) is 9.21 Å². The standard InChI is InChI=1S/C25H29N3O5S/c29-24(19-9-8-10-20(17-19)34(31,32)27-15-6-7-16-27)28-18-23(25(30)26-13-4-1-5-14-26)33-22-12-3-2-11-21(22)28/h2-3,8-12,17,23H,1,4-7,13-16,18H2/t23-/m0/s1. The Hall–Kier alpha value is -2.91. The number of sulfonamides is 1. The molecule has 2 aromatic carbocycles. The van der Waals surface area contributed by atoms with E-state index in [1.165, 1.54) is 21.3 Å². The molecule has 1 atom stereocenters. The van der Waals surface area contributed by atoms with E-state index < -0.39 is 16.1 Å². The van der Waals surface area contributed by atoms with E-state index in [0.717, 1.165) is 32.1 Å². The van der Waals surface area contributed by atoms with E-state index in [-0.39, 0.29) is 28.8 Å². The quantitative estimate of drug-likeness (QED) is 0.667. The Morgan fingerprint density at radius 2 is 1.56 bits per heavy atom. The van der Waals surface area contributed by atoms with Gasteiger partial charge in [0.1, 0.15) is 5.75 Å². The molecule has 0 aliphatic carbocycles. The Morgan fingerprint density at radius 3 is 2.32 bits per heavy atom. The lowest BCUT2D eigenvalue weighted by Crippen LogP contribution is -2.52. The number of piperidine rings is 1. The molecule has 0 spiro atoms. The Balaban J connectivity index is 1.44. The molecule has 0 aromatic heterocycles. The molecule has 0 unspecified atom stereocenters. The molecule has 34 heavy (non-hydrogen) atoms. The monoisotopic (exact) mass is 483 g/mol. The molecule has 2 fully saturated rings. The molecule has 180 valence electrons. The summed E-state index contributed by atoms with van der Waals surface area (Å²) in [6.07, 6.45) is 3.93. The summed E-state index contributed by atoms with van der Waals surface area (Å²) in [5.74, 6) is 0.00123. The lowest BCUT2D eigenvalue weighted by atomic mass is 10.1. The average molecular weight is 484 g/mol. The van der Waals surface area contributed by atoms with Gasteiger partial charge in [0, 0.05) is 31.7 Å². The number of carbonyl (C=O) groups is 2. The number of benzene rings is 2. The zero-order valence-corrected chi connectivity index (χ0v) is 19.9. The Morgan fingerprint density at radius 1 is 0.853 bits per heavy atom. The molecule has 5 rings (SSSR count). The molecule has 0 saturated carbocycles. The van der Waals surface area contributed by atoms with Crippen LogP contribution in [0.1, 0.15) is 42.5 Å². The smallest absolute Gasteiger partial charge is 0.265 e. The van der Waals surface area contributed by atoms with Gasteiger partial charge in [-0.2, -0.15) is 4.31 Å². The minimum atomic E-state index is -3.65. The van der Waals surface area contributed by atoms with Crippen molar-refractivity contribution in [3.8, 4) is 5.75 Å². The van der Waals surface area contributed by atoms with Gasteiger partial charge >= 0.3 is 0 Å². The fourth-order valence-corrected chi connectivity index (χ4v) is 6.46. The first-order valence-corrected chi connectivity index (χ1v) is 13.4. The number of para-hydroxylation sites is 2. The van der Waals surface area contributed by atoms with Crippen molar-refractivity contribution in [2.45, 2.75) is 43.1 Å². The molecule has 3 aliphatic heterocycles. The molecular formula is C25H29N3O5S. The van der Waals surface area contributed by atoms with E-state index in [0.29, 0.717) is 37.6 Å². The van der Waals surface area contributed by atoms with E-state index in [9.17, 15) is 18.0 Å². The van der Waals surface area contributed by atoms with Crippen LogP contribution >= 0.6 is 0 Å². The molecule has 2 saturated heterocycles. The normalized spacial score (nSPS) is 21.1. The second-order valence-corrected chi connectivity index (χ2v) is 11.0. The Kier molecular flexibility index (Phi) is 6.31. The summed E-state index contributed by atoms with van der Waals surface area (Å²) in [7, 11) is -3.65. The molecule has 0 bridgehead atoms. The molecule has 8 nitrogen and oxygen atoms in total. The molecular weight excluding hydrogens is 454 g/mol. The van der Waals surface area contributed by atoms with Gasteiger partial charge in [0.25, 0.3) is 11.8 Å². The summed E-state index contributed by atoms with van der Waals surface area (Å²) in [6.45, 7) is 2.47. The third kappa shape index (κ3) is 4.30.